The highest BCUT2D eigenvalue weighted by Gasteiger charge is 2.58. The predicted molar refractivity (Wildman–Crippen MR) is 94.3 cm³/mol. The highest BCUT2D eigenvalue weighted by atomic mass is 35.5. The number of aliphatic hydroxyl groups is 1. The summed E-state index contributed by atoms with van der Waals surface area (Å²) in [5.74, 6) is 0. The van der Waals surface area contributed by atoms with Gasteiger partial charge >= 0.3 is 6.09 Å². The maximum absolute atomic E-state index is 12.2. The van der Waals surface area contributed by atoms with Crippen molar-refractivity contribution in [2.24, 2.45) is 0 Å². The van der Waals surface area contributed by atoms with E-state index < -0.39 is 17.4 Å². The van der Waals surface area contributed by atoms with Crippen molar-refractivity contribution in [1.82, 2.24) is 9.88 Å². The molecule has 2 unspecified atom stereocenters. The molecule has 1 amide bonds. The fourth-order valence-electron chi connectivity index (χ4n) is 3.42. The van der Waals surface area contributed by atoms with Crippen LogP contribution in [0.4, 0.5) is 4.79 Å². The molecular formula is C18H23ClN2O3. The Labute approximate surface area is 146 Å². The molecule has 0 bridgehead atoms. The first-order chi connectivity index (χ1) is 11.2. The molecule has 2 N–H and O–H groups in total. The van der Waals surface area contributed by atoms with Gasteiger partial charge in [0.2, 0.25) is 0 Å². The molecule has 0 saturated carbocycles. The number of aromatic nitrogens is 1. The zero-order chi connectivity index (χ0) is 17.7. The summed E-state index contributed by atoms with van der Waals surface area (Å²) in [6, 6.07) is 5.72. The van der Waals surface area contributed by atoms with Gasteiger partial charge in [-0.15, -0.1) is 0 Å². The van der Waals surface area contributed by atoms with Crippen LogP contribution in [0.1, 0.15) is 38.4 Å². The minimum absolute atomic E-state index is 0.377. The van der Waals surface area contributed by atoms with Crippen LogP contribution in [-0.2, 0) is 11.2 Å². The van der Waals surface area contributed by atoms with Crippen molar-refractivity contribution in [3.8, 4) is 0 Å². The lowest BCUT2D eigenvalue weighted by Gasteiger charge is -2.36. The Balaban J connectivity index is 1.88. The summed E-state index contributed by atoms with van der Waals surface area (Å²) in [6.07, 6.45) is 0.682. The second-order valence-electron chi connectivity index (χ2n) is 6.79. The number of carbonyl (C=O) groups excluding carboxylic acids is 1. The number of hydrogen-bond acceptors (Lipinski definition) is 3. The van der Waals surface area contributed by atoms with Crippen LogP contribution in [0.15, 0.2) is 18.2 Å². The molecule has 0 radical (unpaired) electrons. The second-order valence-corrected chi connectivity index (χ2v) is 7.23. The van der Waals surface area contributed by atoms with Gasteiger partial charge in [-0.1, -0.05) is 18.5 Å². The van der Waals surface area contributed by atoms with Crippen LogP contribution in [0.2, 0.25) is 5.02 Å². The minimum Gasteiger partial charge on any atom is -0.438 e. The number of fused-ring (bicyclic) bond motifs is 1. The second kappa shape index (κ2) is 5.67. The van der Waals surface area contributed by atoms with E-state index in [0.29, 0.717) is 24.4 Å². The van der Waals surface area contributed by atoms with Crippen molar-refractivity contribution >= 4 is 28.6 Å². The number of aryl methyl sites for hydroxylation is 1. The Morgan fingerprint density at radius 2 is 2.08 bits per heavy atom. The largest absolute Gasteiger partial charge is 0.438 e. The van der Waals surface area contributed by atoms with Gasteiger partial charge in [0.1, 0.15) is 0 Å². The molecule has 1 saturated heterocycles. The summed E-state index contributed by atoms with van der Waals surface area (Å²) < 4.78 is 5.44. The number of halogens is 1. The van der Waals surface area contributed by atoms with Crippen LogP contribution in [-0.4, -0.2) is 39.0 Å². The third kappa shape index (κ3) is 2.47. The number of amides is 1. The van der Waals surface area contributed by atoms with Gasteiger partial charge in [-0.25, -0.2) is 4.79 Å². The monoisotopic (exact) mass is 350 g/mol. The van der Waals surface area contributed by atoms with Crippen molar-refractivity contribution in [3.63, 3.8) is 0 Å². The normalized spacial score (nSPS) is 27.1. The molecule has 5 nitrogen and oxygen atoms in total. The molecule has 24 heavy (non-hydrogen) atoms. The van der Waals surface area contributed by atoms with E-state index in [1.807, 2.05) is 32.0 Å². The van der Waals surface area contributed by atoms with E-state index in [4.69, 9.17) is 16.3 Å². The van der Waals surface area contributed by atoms with Gasteiger partial charge in [0.15, 0.2) is 11.3 Å². The molecule has 0 aliphatic carbocycles. The molecule has 6 heteroatoms. The topological polar surface area (TPSA) is 65.6 Å². The third-order valence-corrected chi connectivity index (χ3v) is 5.64. The summed E-state index contributed by atoms with van der Waals surface area (Å²) >= 11 is 6.11. The van der Waals surface area contributed by atoms with Gasteiger partial charge in [0.05, 0.1) is 0 Å². The van der Waals surface area contributed by atoms with Crippen molar-refractivity contribution < 1.29 is 14.6 Å². The Kier molecular flexibility index (Phi) is 4.04. The molecular weight excluding hydrogens is 328 g/mol. The molecule has 1 fully saturated rings. The van der Waals surface area contributed by atoms with Crippen LogP contribution in [0.3, 0.4) is 0 Å². The van der Waals surface area contributed by atoms with Gasteiger partial charge in [0, 0.05) is 28.2 Å². The Morgan fingerprint density at radius 3 is 2.71 bits per heavy atom. The molecule has 1 aliphatic heterocycles. The standard InChI is InChI=1S/C18H23ClN2O3/c1-5-17(3)18(4,23)21(16(22)24-17)9-8-13-11(2)20-15-7-6-12(19)10-14(13)15/h6-7,10,20,23H,5,8-9H2,1-4H3. The first-order valence-electron chi connectivity index (χ1n) is 8.19. The number of cyclic esters (lactones) is 1. The van der Waals surface area contributed by atoms with Gasteiger partial charge in [0.25, 0.3) is 0 Å². The minimum atomic E-state index is -1.34. The van der Waals surface area contributed by atoms with Gasteiger partial charge in [-0.05, 0) is 57.4 Å². The van der Waals surface area contributed by atoms with Crippen LogP contribution in [0.5, 0.6) is 0 Å². The van der Waals surface area contributed by atoms with E-state index in [0.717, 1.165) is 22.2 Å². The number of nitrogens with one attached hydrogen (secondary N) is 1. The highest BCUT2D eigenvalue weighted by molar-refractivity contribution is 6.31. The molecule has 130 valence electrons. The van der Waals surface area contributed by atoms with Crippen molar-refractivity contribution in [1.29, 1.82) is 0 Å². The Morgan fingerprint density at radius 1 is 1.38 bits per heavy atom. The lowest BCUT2D eigenvalue weighted by Crippen LogP contribution is -2.55. The average molecular weight is 351 g/mol. The Hall–Kier alpha value is -1.72. The molecule has 1 aliphatic rings. The van der Waals surface area contributed by atoms with E-state index in [1.54, 1.807) is 13.8 Å². The van der Waals surface area contributed by atoms with E-state index in [-0.39, 0.29) is 0 Å². The molecule has 1 aromatic carbocycles. The van der Waals surface area contributed by atoms with Gasteiger partial charge in [-0.2, -0.15) is 0 Å². The van der Waals surface area contributed by atoms with Crippen LogP contribution in [0.25, 0.3) is 10.9 Å². The first kappa shape index (κ1) is 17.1. The first-order valence-corrected chi connectivity index (χ1v) is 8.57. The summed E-state index contributed by atoms with van der Waals surface area (Å²) in [6.45, 7) is 7.68. The summed E-state index contributed by atoms with van der Waals surface area (Å²) in [5.41, 5.74) is 0.916. The molecule has 2 heterocycles. The lowest BCUT2D eigenvalue weighted by atomic mass is 9.90. The summed E-state index contributed by atoms with van der Waals surface area (Å²) in [5, 5.41) is 12.6. The van der Waals surface area contributed by atoms with Crippen LogP contribution >= 0.6 is 11.6 Å². The fourth-order valence-corrected chi connectivity index (χ4v) is 3.60. The van der Waals surface area contributed by atoms with Gasteiger partial charge in [-0.3, -0.25) is 4.90 Å². The number of nitrogens with zero attached hydrogens (tertiary/aromatic N) is 1. The summed E-state index contributed by atoms with van der Waals surface area (Å²) in [7, 11) is 0. The van der Waals surface area contributed by atoms with Crippen molar-refractivity contribution in [3.05, 3.63) is 34.5 Å². The lowest BCUT2D eigenvalue weighted by molar-refractivity contribution is -0.137. The predicted octanol–water partition coefficient (Wildman–Crippen LogP) is 4.00. The number of hydrogen-bond donors (Lipinski definition) is 2. The SMILES string of the molecule is CCC1(C)OC(=O)N(CCc2c(C)[nH]c3ccc(Cl)cc23)C1(C)O. The molecule has 0 spiro atoms. The number of benzene rings is 1. The van der Waals surface area contributed by atoms with Crippen LogP contribution in [0, 0.1) is 6.92 Å². The summed E-state index contributed by atoms with van der Waals surface area (Å²) in [4.78, 5) is 17.0. The van der Waals surface area contributed by atoms with E-state index in [1.165, 1.54) is 4.90 Å². The average Bonchev–Trinajstić information content (AvgIpc) is 2.90. The maximum atomic E-state index is 12.2. The number of H-pyrrole nitrogens is 1. The number of aromatic amines is 1. The van der Waals surface area contributed by atoms with Crippen molar-refractivity contribution in [2.75, 3.05) is 6.54 Å². The smallest absolute Gasteiger partial charge is 0.412 e. The Bertz CT molecular complexity index is 799. The van der Waals surface area contributed by atoms with Crippen molar-refractivity contribution in [2.45, 2.75) is 51.9 Å². The number of ether oxygens (including phenoxy) is 1. The molecule has 1 aromatic heterocycles. The quantitative estimate of drug-likeness (QED) is 0.875. The molecule has 2 atom stereocenters. The highest BCUT2D eigenvalue weighted by Crippen LogP contribution is 2.39. The number of carbonyl (C=O) groups is 1. The van der Waals surface area contributed by atoms with Gasteiger partial charge < -0.3 is 14.8 Å². The third-order valence-electron chi connectivity index (χ3n) is 5.40. The number of rotatable bonds is 4. The zero-order valence-electron chi connectivity index (χ0n) is 14.4. The van der Waals surface area contributed by atoms with Crippen LogP contribution < -0.4 is 0 Å². The molecule has 2 aromatic rings. The maximum Gasteiger partial charge on any atom is 0.412 e. The zero-order valence-corrected chi connectivity index (χ0v) is 15.2. The molecule has 3 rings (SSSR count). The van der Waals surface area contributed by atoms with E-state index in [9.17, 15) is 9.90 Å². The van der Waals surface area contributed by atoms with E-state index >= 15 is 0 Å². The fraction of sp³-hybridized carbons (Fsp3) is 0.500. The van der Waals surface area contributed by atoms with E-state index in [2.05, 4.69) is 4.98 Å².